The maximum Gasteiger partial charge on any atom is 0.235 e. The molecule has 3 nitrogen and oxygen atoms in total. The number of hydrogen-bond acceptors (Lipinski definition) is 2. The van der Waals surface area contributed by atoms with Crippen molar-refractivity contribution < 1.29 is 9.53 Å². The van der Waals surface area contributed by atoms with E-state index in [1.165, 1.54) is 19.3 Å². The topological polar surface area (TPSA) is 38.3 Å². The summed E-state index contributed by atoms with van der Waals surface area (Å²) >= 11 is 0. The number of rotatable bonds is 5. The smallest absolute Gasteiger partial charge is 0.235 e. The summed E-state index contributed by atoms with van der Waals surface area (Å²) in [5.74, 6) is 1.02. The number of benzene rings is 2. The van der Waals surface area contributed by atoms with Crippen LogP contribution in [0.3, 0.4) is 0 Å². The number of hydrogen-bond donors (Lipinski definition) is 1. The molecule has 2 aliphatic carbocycles. The Morgan fingerprint density at radius 3 is 2.19 bits per heavy atom. The Morgan fingerprint density at radius 1 is 0.852 bits per heavy atom. The molecule has 0 bridgehead atoms. The van der Waals surface area contributed by atoms with E-state index in [0.29, 0.717) is 6.10 Å². The van der Waals surface area contributed by atoms with Gasteiger partial charge in [0.25, 0.3) is 0 Å². The fourth-order valence-electron chi connectivity index (χ4n) is 4.63. The molecule has 0 spiro atoms. The molecule has 0 radical (unpaired) electrons. The first kappa shape index (κ1) is 18.1. The number of amides is 1. The zero-order valence-electron chi connectivity index (χ0n) is 16.0. The predicted molar refractivity (Wildman–Crippen MR) is 109 cm³/mol. The molecule has 3 heteroatoms. The third kappa shape index (κ3) is 4.02. The van der Waals surface area contributed by atoms with E-state index in [0.717, 1.165) is 55.5 Å². The summed E-state index contributed by atoms with van der Waals surface area (Å²) in [7, 11) is 0. The lowest BCUT2D eigenvalue weighted by Gasteiger charge is -2.36. The van der Waals surface area contributed by atoms with Crippen LogP contribution in [-0.2, 0) is 10.2 Å². The van der Waals surface area contributed by atoms with Gasteiger partial charge in [0, 0.05) is 5.69 Å². The summed E-state index contributed by atoms with van der Waals surface area (Å²) in [5, 5.41) is 3.18. The van der Waals surface area contributed by atoms with Gasteiger partial charge in [-0.25, -0.2) is 0 Å². The molecule has 0 atom stereocenters. The van der Waals surface area contributed by atoms with Crippen molar-refractivity contribution in [1.82, 2.24) is 0 Å². The van der Waals surface area contributed by atoms with Crippen molar-refractivity contribution in [1.29, 1.82) is 0 Å². The molecule has 4 rings (SSSR count). The van der Waals surface area contributed by atoms with Gasteiger partial charge in [0.05, 0.1) is 11.5 Å². The van der Waals surface area contributed by atoms with Gasteiger partial charge in [-0.05, 0) is 68.4 Å². The molecule has 2 saturated carbocycles. The maximum atomic E-state index is 13.3. The normalized spacial score (nSPS) is 19.6. The average Bonchev–Trinajstić information content (AvgIpc) is 3.24. The minimum atomic E-state index is -0.404. The van der Waals surface area contributed by atoms with Crippen molar-refractivity contribution >= 4 is 11.6 Å². The number of carbonyl (C=O) groups is 1. The Balaban J connectivity index is 1.47. The highest BCUT2D eigenvalue weighted by Gasteiger charge is 2.40. The van der Waals surface area contributed by atoms with Crippen LogP contribution in [0.15, 0.2) is 54.6 Å². The van der Waals surface area contributed by atoms with Crippen LogP contribution in [0.5, 0.6) is 5.75 Å². The van der Waals surface area contributed by atoms with E-state index in [1.807, 2.05) is 42.5 Å². The van der Waals surface area contributed by atoms with Crippen LogP contribution in [-0.4, -0.2) is 12.0 Å². The van der Waals surface area contributed by atoms with Gasteiger partial charge in [-0.2, -0.15) is 0 Å². The zero-order valence-corrected chi connectivity index (χ0v) is 16.0. The first-order chi connectivity index (χ1) is 13.3. The van der Waals surface area contributed by atoms with Crippen LogP contribution in [0.4, 0.5) is 5.69 Å². The summed E-state index contributed by atoms with van der Waals surface area (Å²) in [6.07, 6.45) is 10.5. The molecular formula is C24H29NO2. The van der Waals surface area contributed by atoms with E-state index in [4.69, 9.17) is 4.74 Å². The Bertz CT molecular complexity index is 742. The van der Waals surface area contributed by atoms with Gasteiger partial charge >= 0.3 is 0 Å². The van der Waals surface area contributed by atoms with Gasteiger partial charge in [0.15, 0.2) is 0 Å². The van der Waals surface area contributed by atoms with Gasteiger partial charge in [-0.3, -0.25) is 4.79 Å². The fourth-order valence-corrected chi connectivity index (χ4v) is 4.63. The molecule has 0 aliphatic heterocycles. The van der Waals surface area contributed by atoms with Gasteiger partial charge in [0.1, 0.15) is 5.75 Å². The molecule has 1 amide bonds. The lowest BCUT2D eigenvalue weighted by Crippen LogP contribution is -2.42. The van der Waals surface area contributed by atoms with Gasteiger partial charge < -0.3 is 10.1 Å². The van der Waals surface area contributed by atoms with Gasteiger partial charge in [0.2, 0.25) is 5.91 Å². The van der Waals surface area contributed by atoms with Crippen molar-refractivity contribution in [2.24, 2.45) is 0 Å². The summed E-state index contributed by atoms with van der Waals surface area (Å²) in [6.45, 7) is 0. The lowest BCUT2D eigenvalue weighted by molar-refractivity contribution is -0.122. The van der Waals surface area contributed by atoms with E-state index in [2.05, 4.69) is 17.4 Å². The van der Waals surface area contributed by atoms with Crippen LogP contribution in [0, 0.1) is 0 Å². The quantitative estimate of drug-likeness (QED) is 0.724. The van der Waals surface area contributed by atoms with Crippen LogP contribution < -0.4 is 10.1 Å². The third-order valence-electron chi connectivity index (χ3n) is 6.19. The molecule has 2 aromatic carbocycles. The fraction of sp³-hybridized carbons (Fsp3) is 0.458. The molecule has 142 valence electrons. The number of ether oxygens (including phenoxy) is 1. The number of nitrogens with one attached hydrogen (secondary N) is 1. The molecule has 27 heavy (non-hydrogen) atoms. The standard InChI is InChI=1S/C24H29NO2/c26-23(24(17-7-2-8-18-24)19-9-3-1-4-10-19)25-20-13-15-22(16-14-20)27-21-11-5-6-12-21/h1,3-4,9-10,13-16,21H,2,5-8,11-12,17-18H2,(H,25,26). The Labute approximate surface area is 162 Å². The molecule has 0 saturated heterocycles. The molecule has 0 heterocycles. The van der Waals surface area contributed by atoms with Crippen molar-refractivity contribution in [3.05, 3.63) is 60.2 Å². The van der Waals surface area contributed by atoms with Gasteiger partial charge in [-0.1, -0.05) is 49.6 Å². The molecule has 2 fully saturated rings. The number of carbonyl (C=O) groups excluding carboxylic acids is 1. The van der Waals surface area contributed by atoms with E-state index >= 15 is 0 Å². The summed E-state index contributed by atoms with van der Waals surface area (Å²) in [6, 6.07) is 18.2. The number of anilines is 1. The highest BCUT2D eigenvalue weighted by Crippen LogP contribution is 2.40. The van der Waals surface area contributed by atoms with E-state index in [-0.39, 0.29) is 5.91 Å². The molecule has 2 aromatic rings. The Morgan fingerprint density at radius 2 is 1.52 bits per heavy atom. The summed E-state index contributed by atoms with van der Waals surface area (Å²) in [5.41, 5.74) is 1.58. The molecule has 0 unspecified atom stereocenters. The SMILES string of the molecule is O=C(Nc1ccc(OC2CCCC2)cc1)C1(c2ccccc2)CCCCC1. The van der Waals surface area contributed by atoms with Crippen molar-refractivity contribution in [2.75, 3.05) is 5.32 Å². The zero-order chi connectivity index (χ0) is 18.5. The van der Waals surface area contributed by atoms with Crippen molar-refractivity contribution in [3.63, 3.8) is 0 Å². The molecule has 2 aliphatic rings. The third-order valence-corrected chi connectivity index (χ3v) is 6.19. The van der Waals surface area contributed by atoms with E-state index < -0.39 is 5.41 Å². The summed E-state index contributed by atoms with van der Waals surface area (Å²) in [4.78, 5) is 13.3. The van der Waals surface area contributed by atoms with E-state index in [1.54, 1.807) is 0 Å². The monoisotopic (exact) mass is 363 g/mol. The maximum absolute atomic E-state index is 13.3. The van der Waals surface area contributed by atoms with Crippen molar-refractivity contribution in [3.8, 4) is 5.75 Å². The second-order valence-electron chi connectivity index (χ2n) is 8.01. The first-order valence-electron chi connectivity index (χ1n) is 10.4. The largest absolute Gasteiger partial charge is 0.490 e. The van der Waals surface area contributed by atoms with Crippen LogP contribution in [0.25, 0.3) is 0 Å². The van der Waals surface area contributed by atoms with Crippen LogP contribution in [0.2, 0.25) is 0 Å². The Kier molecular flexibility index (Phi) is 5.47. The van der Waals surface area contributed by atoms with E-state index in [9.17, 15) is 4.79 Å². The highest BCUT2D eigenvalue weighted by molar-refractivity contribution is 5.99. The first-order valence-corrected chi connectivity index (χ1v) is 10.4. The van der Waals surface area contributed by atoms with Crippen LogP contribution >= 0.6 is 0 Å². The minimum absolute atomic E-state index is 0.123. The lowest BCUT2D eigenvalue weighted by atomic mass is 9.68. The Hall–Kier alpha value is -2.29. The highest BCUT2D eigenvalue weighted by atomic mass is 16.5. The van der Waals surface area contributed by atoms with Crippen LogP contribution in [0.1, 0.15) is 63.4 Å². The van der Waals surface area contributed by atoms with Crippen molar-refractivity contribution in [2.45, 2.75) is 69.3 Å². The second-order valence-corrected chi connectivity index (χ2v) is 8.01. The average molecular weight is 364 g/mol. The predicted octanol–water partition coefficient (Wildman–Crippen LogP) is 5.85. The molecule has 1 N–H and O–H groups in total. The molecular weight excluding hydrogens is 334 g/mol. The summed E-state index contributed by atoms with van der Waals surface area (Å²) < 4.78 is 6.03. The minimum Gasteiger partial charge on any atom is -0.490 e. The van der Waals surface area contributed by atoms with Gasteiger partial charge in [-0.15, -0.1) is 0 Å². The second kappa shape index (κ2) is 8.16. The molecule has 0 aromatic heterocycles.